The molecule has 0 spiro atoms. The smallest absolute Gasteiger partial charge is 0.220 e. The first-order valence-electron chi connectivity index (χ1n) is 5.84. The number of benzene rings is 1. The normalized spacial score (nSPS) is 12.2. The quantitative estimate of drug-likeness (QED) is 0.845. The molecule has 3 nitrogen and oxygen atoms in total. The van der Waals surface area contributed by atoms with E-state index in [1.807, 2.05) is 6.92 Å². The predicted molar refractivity (Wildman–Crippen MR) is 71.7 cm³/mol. The van der Waals surface area contributed by atoms with Crippen LogP contribution in [0.15, 0.2) is 22.7 Å². The number of aryl methyl sites for hydroxylation is 1. The van der Waals surface area contributed by atoms with Gasteiger partial charge in [-0.1, -0.05) is 22.9 Å². The number of carbonyl (C=O) groups excluding carboxylic acids is 1. The molecule has 0 aliphatic rings. The third kappa shape index (κ3) is 5.14. The molecule has 1 rings (SSSR count). The molecule has 5 heteroatoms. The summed E-state index contributed by atoms with van der Waals surface area (Å²) in [6.45, 7) is 2.36. The van der Waals surface area contributed by atoms with Gasteiger partial charge < -0.3 is 10.4 Å². The maximum absolute atomic E-state index is 13.0. The largest absolute Gasteiger partial charge is 0.396 e. The fourth-order valence-corrected chi connectivity index (χ4v) is 1.87. The lowest BCUT2D eigenvalue weighted by Gasteiger charge is -2.10. The lowest BCUT2D eigenvalue weighted by Crippen LogP contribution is -2.29. The minimum atomic E-state index is -0.303. The molecule has 0 bridgehead atoms. The molecule has 1 amide bonds. The zero-order valence-electron chi connectivity index (χ0n) is 10.2. The highest BCUT2D eigenvalue weighted by molar-refractivity contribution is 9.10. The minimum absolute atomic E-state index is 0.0508. The molecule has 0 aliphatic carbocycles. The minimum Gasteiger partial charge on any atom is -0.396 e. The highest BCUT2D eigenvalue weighted by Gasteiger charge is 2.07. The number of rotatable bonds is 6. The van der Waals surface area contributed by atoms with Crippen LogP contribution in [0.4, 0.5) is 4.39 Å². The molecule has 1 aromatic rings. The summed E-state index contributed by atoms with van der Waals surface area (Å²) in [5.41, 5.74) is 0.778. The van der Waals surface area contributed by atoms with Gasteiger partial charge in [0.25, 0.3) is 0 Å². The third-order valence-corrected chi connectivity index (χ3v) is 3.36. The molecule has 0 radical (unpaired) electrons. The predicted octanol–water partition coefficient (Wildman–Crippen LogP) is 2.27. The van der Waals surface area contributed by atoms with Crippen LogP contribution in [0.5, 0.6) is 0 Å². The Balaban J connectivity index is 2.40. The van der Waals surface area contributed by atoms with Crippen molar-refractivity contribution in [3.63, 3.8) is 0 Å². The van der Waals surface area contributed by atoms with Crippen molar-refractivity contribution in [2.24, 2.45) is 5.92 Å². The summed E-state index contributed by atoms with van der Waals surface area (Å²) in [6.07, 6.45) is 0.790. The van der Waals surface area contributed by atoms with E-state index in [2.05, 4.69) is 21.2 Å². The van der Waals surface area contributed by atoms with E-state index in [0.29, 0.717) is 19.4 Å². The molecule has 0 aliphatic heterocycles. The topological polar surface area (TPSA) is 49.3 Å². The average molecular weight is 318 g/mol. The van der Waals surface area contributed by atoms with Crippen molar-refractivity contribution in [3.8, 4) is 0 Å². The highest BCUT2D eigenvalue weighted by Crippen LogP contribution is 2.19. The van der Waals surface area contributed by atoms with Crippen LogP contribution in [-0.2, 0) is 11.2 Å². The standard InChI is InChI=1S/C13H17BrFNO2/c1-9(8-17)7-16-13(18)5-2-10-6-11(15)3-4-12(10)14/h3-4,6,9,17H,2,5,7-8H2,1H3,(H,16,18)/t9-/m1/s1. The van der Waals surface area contributed by atoms with Crippen LogP contribution in [-0.4, -0.2) is 24.2 Å². The number of aliphatic hydroxyl groups is 1. The molecule has 0 heterocycles. The van der Waals surface area contributed by atoms with Crippen LogP contribution in [0.3, 0.4) is 0 Å². The van der Waals surface area contributed by atoms with Crippen molar-refractivity contribution >= 4 is 21.8 Å². The number of hydrogen-bond acceptors (Lipinski definition) is 2. The van der Waals surface area contributed by atoms with Gasteiger partial charge in [-0.05, 0) is 36.1 Å². The number of halogens is 2. The van der Waals surface area contributed by atoms with Gasteiger partial charge in [-0.15, -0.1) is 0 Å². The first-order chi connectivity index (χ1) is 8.52. The average Bonchev–Trinajstić information content (AvgIpc) is 2.36. The summed E-state index contributed by atoms with van der Waals surface area (Å²) in [7, 11) is 0. The Morgan fingerprint density at radius 3 is 2.94 bits per heavy atom. The van der Waals surface area contributed by atoms with Crippen LogP contribution < -0.4 is 5.32 Å². The molecule has 0 unspecified atom stereocenters. The number of amides is 1. The van der Waals surface area contributed by atoms with Crippen LogP contribution in [0.2, 0.25) is 0 Å². The van der Waals surface area contributed by atoms with E-state index in [1.54, 1.807) is 6.07 Å². The van der Waals surface area contributed by atoms with E-state index in [9.17, 15) is 9.18 Å². The van der Waals surface area contributed by atoms with Gasteiger partial charge >= 0.3 is 0 Å². The summed E-state index contributed by atoms with van der Waals surface area (Å²) in [6, 6.07) is 4.43. The molecule has 1 atom stereocenters. The van der Waals surface area contributed by atoms with E-state index < -0.39 is 0 Å². The zero-order chi connectivity index (χ0) is 13.5. The molecular formula is C13H17BrFNO2. The number of aliphatic hydroxyl groups excluding tert-OH is 1. The van der Waals surface area contributed by atoms with Gasteiger partial charge in [0.1, 0.15) is 5.82 Å². The number of hydrogen-bond donors (Lipinski definition) is 2. The molecule has 1 aromatic carbocycles. The molecule has 0 saturated carbocycles. The van der Waals surface area contributed by atoms with E-state index in [1.165, 1.54) is 12.1 Å². The van der Waals surface area contributed by atoms with E-state index >= 15 is 0 Å². The monoisotopic (exact) mass is 317 g/mol. The fraction of sp³-hybridized carbons (Fsp3) is 0.462. The Bertz CT molecular complexity index is 412. The first-order valence-corrected chi connectivity index (χ1v) is 6.63. The molecule has 0 aromatic heterocycles. The second-order valence-electron chi connectivity index (χ2n) is 4.33. The van der Waals surface area contributed by atoms with E-state index in [4.69, 9.17) is 5.11 Å². The first kappa shape index (κ1) is 15.1. The van der Waals surface area contributed by atoms with Gasteiger partial charge in [0, 0.05) is 24.0 Å². The lowest BCUT2D eigenvalue weighted by molar-refractivity contribution is -0.121. The number of carbonyl (C=O) groups is 1. The van der Waals surface area contributed by atoms with Gasteiger partial charge in [0.05, 0.1) is 0 Å². The van der Waals surface area contributed by atoms with Gasteiger partial charge in [0.15, 0.2) is 0 Å². The van der Waals surface area contributed by atoms with Gasteiger partial charge in [-0.25, -0.2) is 4.39 Å². The second-order valence-corrected chi connectivity index (χ2v) is 5.18. The maximum Gasteiger partial charge on any atom is 0.220 e. The Kier molecular flexibility index (Phi) is 6.29. The second kappa shape index (κ2) is 7.48. The van der Waals surface area contributed by atoms with Crippen molar-refractivity contribution in [1.29, 1.82) is 0 Å². The van der Waals surface area contributed by atoms with Gasteiger partial charge in [0.2, 0.25) is 5.91 Å². The van der Waals surface area contributed by atoms with Crippen LogP contribution >= 0.6 is 15.9 Å². The summed E-state index contributed by atoms with van der Waals surface area (Å²) >= 11 is 3.32. The third-order valence-electron chi connectivity index (χ3n) is 2.59. The van der Waals surface area contributed by atoms with Gasteiger partial charge in [-0.2, -0.15) is 0 Å². The lowest BCUT2D eigenvalue weighted by atomic mass is 10.1. The summed E-state index contributed by atoms with van der Waals surface area (Å²) in [5, 5.41) is 11.6. The molecule has 2 N–H and O–H groups in total. The summed E-state index contributed by atoms with van der Waals surface area (Å²) < 4.78 is 13.8. The molecule has 100 valence electrons. The Morgan fingerprint density at radius 1 is 1.56 bits per heavy atom. The van der Waals surface area contributed by atoms with Crippen LogP contribution in [0.25, 0.3) is 0 Å². The Labute approximate surface area is 115 Å². The molecule has 0 saturated heterocycles. The van der Waals surface area contributed by atoms with Gasteiger partial charge in [-0.3, -0.25) is 4.79 Å². The molecule has 0 fully saturated rings. The van der Waals surface area contributed by atoms with E-state index in [-0.39, 0.29) is 24.2 Å². The van der Waals surface area contributed by atoms with Crippen molar-refractivity contribution < 1.29 is 14.3 Å². The SMILES string of the molecule is C[C@@H](CO)CNC(=O)CCc1cc(F)ccc1Br. The van der Waals surface area contributed by atoms with Crippen molar-refractivity contribution in [2.75, 3.05) is 13.2 Å². The van der Waals surface area contributed by atoms with Crippen molar-refractivity contribution in [3.05, 3.63) is 34.1 Å². The maximum atomic E-state index is 13.0. The number of nitrogens with one attached hydrogen (secondary N) is 1. The summed E-state index contributed by atoms with van der Waals surface area (Å²) in [5.74, 6) is -0.344. The van der Waals surface area contributed by atoms with Crippen LogP contribution in [0.1, 0.15) is 18.9 Å². The Hall–Kier alpha value is -0.940. The summed E-state index contributed by atoms with van der Waals surface area (Å²) in [4.78, 5) is 11.5. The Morgan fingerprint density at radius 2 is 2.28 bits per heavy atom. The highest BCUT2D eigenvalue weighted by atomic mass is 79.9. The fourth-order valence-electron chi connectivity index (χ4n) is 1.42. The van der Waals surface area contributed by atoms with E-state index in [0.717, 1.165) is 10.0 Å². The zero-order valence-corrected chi connectivity index (χ0v) is 11.8. The van der Waals surface area contributed by atoms with Crippen LogP contribution in [0, 0.1) is 11.7 Å². The van der Waals surface area contributed by atoms with Crippen molar-refractivity contribution in [2.45, 2.75) is 19.8 Å². The molecule has 18 heavy (non-hydrogen) atoms. The van der Waals surface area contributed by atoms with Crippen molar-refractivity contribution in [1.82, 2.24) is 5.32 Å². The molecular weight excluding hydrogens is 301 g/mol.